The van der Waals surface area contributed by atoms with E-state index in [2.05, 4.69) is 28.3 Å². The minimum absolute atomic E-state index is 1.13. The molecule has 0 amide bonds. The molecule has 2 aromatic heterocycles. The van der Waals surface area contributed by atoms with Crippen LogP contribution >= 0.6 is 0 Å². The largest absolute Gasteiger partial charge is 0.264 e. The molecule has 0 bridgehead atoms. The molecule has 0 spiro atoms. The van der Waals surface area contributed by atoms with Crippen molar-refractivity contribution in [2.24, 2.45) is 0 Å². The Hall–Kier alpha value is -1.96. The zero-order chi connectivity index (χ0) is 9.38. The number of aromatic nitrogens is 2. The Labute approximate surface area is 81.2 Å². The van der Waals surface area contributed by atoms with E-state index in [9.17, 15) is 0 Å². The van der Waals surface area contributed by atoms with Gasteiger partial charge in [-0.1, -0.05) is 12.1 Å². The third kappa shape index (κ3) is 0.973. The Morgan fingerprint density at radius 3 is 2.86 bits per heavy atom. The first kappa shape index (κ1) is 7.44. The predicted molar refractivity (Wildman–Crippen MR) is 55.9 cm³/mol. The highest BCUT2D eigenvalue weighted by Crippen LogP contribution is 2.22. The standard InChI is InChI=1S/C12H7N2/c1-2-10-7-13-6-4-11(10)12-8-14-5-3-9(1)12/h1-5,7-8H. The minimum atomic E-state index is 1.13. The van der Waals surface area contributed by atoms with Gasteiger partial charge in [0.25, 0.3) is 0 Å². The molecule has 14 heavy (non-hydrogen) atoms. The second-order valence-electron chi connectivity index (χ2n) is 3.20. The van der Waals surface area contributed by atoms with Crippen molar-refractivity contribution in [2.45, 2.75) is 0 Å². The predicted octanol–water partition coefficient (Wildman–Crippen LogP) is 2.58. The van der Waals surface area contributed by atoms with Crippen LogP contribution in [0.2, 0.25) is 0 Å². The molecule has 65 valence electrons. The number of fused-ring (bicyclic) bond motifs is 3. The van der Waals surface area contributed by atoms with Gasteiger partial charge < -0.3 is 0 Å². The number of rotatable bonds is 0. The summed E-state index contributed by atoms with van der Waals surface area (Å²) in [6.45, 7) is 0. The first-order valence-corrected chi connectivity index (χ1v) is 4.44. The molecule has 0 aliphatic carbocycles. The first-order valence-electron chi connectivity index (χ1n) is 4.44. The van der Waals surface area contributed by atoms with Crippen LogP contribution in [0.5, 0.6) is 0 Å². The molecular weight excluding hydrogens is 172 g/mol. The normalized spacial score (nSPS) is 10.9. The lowest BCUT2D eigenvalue weighted by atomic mass is 10.1. The SMILES string of the molecule is [c]1cc2c(ccc3ccncc32)cn1. The summed E-state index contributed by atoms with van der Waals surface area (Å²) in [5.41, 5.74) is 0. The van der Waals surface area contributed by atoms with Gasteiger partial charge in [-0.05, 0) is 22.9 Å². The molecule has 3 rings (SSSR count). The lowest BCUT2D eigenvalue weighted by molar-refractivity contribution is 1.34. The van der Waals surface area contributed by atoms with E-state index in [0.29, 0.717) is 0 Å². The molecule has 0 aliphatic heterocycles. The van der Waals surface area contributed by atoms with Gasteiger partial charge in [-0.3, -0.25) is 9.97 Å². The smallest absolute Gasteiger partial charge is 0.0893 e. The number of hydrogen-bond donors (Lipinski definition) is 0. The van der Waals surface area contributed by atoms with Crippen LogP contribution in [-0.4, -0.2) is 9.97 Å². The number of benzene rings is 1. The van der Waals surface area contributed by atoms with E-state index in [-0.39, 0.29) is 0 Å². The molecule has 0 aliphatic rings. The van der Waals surface area contributed by atoms with Gasteiger partial charge >= 0.3 is 0 Å². The Morgan fingerprint density at radius 1 is 0.929 bits per heavy atom. The zero-order valence-corrected chi connectivity index (χ0v) is 7.44. The second-order valence-corrected chi connectivity index (χ2v) is 3.20. The molecule has 0 atom stereocenters. The van der Waals surface area contributed by atoms with Gasteiger partial charge in [0.05, 0.1) is 6.20 Å². The summed E-state index contributed by atoms with van der Waals surface area (Å²) < 4.78 is 0. The zero-order valence-electron chi connectivity index (χ0n) is 7.44. The van der Waals surface area contributed by atoms with E-state index >= 15 is 0 Å². The molecule has 0 saturated carbocycles. The highest BCUT2D eigenvalue weighted by molar-refractivity contribution is 6.06. The average molecular weight is 179 g/mol. The molecule has 1 aromatic carbocycles. The molecule has 1 radical (unpaired) electrons. The monoisotopic (exact) mass is 179 g/mol. The minimum Gasteiger partial charge on any atom is -0.264 e. The van der Waals surface area contributed by atoms with Crippen molar-refractivity contribution in [3.05, 3.63) is 49.1 Å². The molecule has 0 saturated heterocycles. The molecule has 0 unspecified atom stereocenters. The van der Waals surface area contributed by atoms with Crippen LogP contribution in [0.15, 0.2) is 42.9 Å². The fourth-order valence-corrected chi connectivity index (χ4v) is 1.68. The maximum Gasteiger partial charge on any atom is 0.0893 e. The van der Waals surface area contributed by atoms with Crippen molar-refractivity contribution in [1.82, 2.24) is 9.97 Å². The van der Waals surface area contributed by atoms with Crippen molar-refractivity contribution < 1.29 is 0 Å². The topological polar surface area (TPSA) is 25.8 Å². The van der Waals surface area contributed by atoms with E-state index in [4.69, 9.17) is 0 Å². The number of nitrogens with zero attached hydrogens (tertiary/aromatic N) is 2. The Balaban J connectivity index is 2.61. The number of hydrogen-bond acceptors (Lipinski definition) is 2. The lowest BCUT2D eigenvalue weighted by Gasteiger charge is -2.01. The Bertz CT molecular complexity index is 547. The third-order valence-corrected chi connectivity index (χ3v) is 2.39. The molecule has 2 nitrogen and oxygen atoms in total. The average Bonchev–Trinajstić information content (AvgIpc) is 2.29. The molecule has 3 aromatic rings. The van der Waals surface area contributed by atoms with E-state index in [0.717, 1.165) is 16.2 Å². The van der Waals surface area contributed by atoms with Crippen LogP contribution in [0.1, 0.15) is 0 Å². The molecule has 2 heterocycles. The summed E-state index contributed by atoms with van der Waals surface area (Å²) in [7, 11) is 0. The summed E-state index contributed by atoms with van der Waals surface area (Å²) >= 11 is 0. The number of pyridine rings is 2. The molecule has 0 N–H and O–H groups in total. The van der Waals surface area contributed by atoms with Crippen LogP contribution in [0.25, 0.3) is 21.5 Å². The summed E-state index contributed by atoms with van der Waals surface area (Å²) in [6.07, 6.45) is 8.36. The highest BCUT2D eigenvalue weighted by Gasteiger charge is 1.98. The van der Waals surface area contributed by atoms with Gasteiger partial charge in [0.2, 0.25) is 0 Å². The second kappa shape index (κ2) is 2.77. The Morgan fingerprint density at radius 2 is 1.86 bits per heavy atom. The van der Waals surface area contributed by atoms with Crippen molar-refractivity contribution in [3.8, 4) is 0 Å². The highest BCUT2D eigenvalue weighted by atomic mass is 14.6. The van der Waals surface area contributed by atoms with E-state index in [1.54, 1.807) is 6.20 Å². The summed E-state index contributed by atoms with van der Waals surface area (Å²) in [5, 5.41) is 4.64. The summed E-state index contributed by atoms with van der Waals surface area (Å²) in [6, 6.07) is 8.06. The van der Waals surface area contributed by atoms with E-state index in [1.165, 1.54) is 5.39 Å². The van der Waals surface area contributed by atoms with Crippen LogP contribution in [-0.2, 0) is 0 Å². The molecule has 0 fully saturated rings. The van der Waals surface area contributed by atoms with E-state index < -0.39 is 0 Å². The fraction of sp³-hybridized carbons (Fsp3) is 0. The third-order valence-electron chi connectivity index (χ3n) is 2.39. The van der Waals surface area contributed by atoms with E-state index in [1.807, 2.05) is 24.5 Å². The maximum atomic E-state index is 4.13. The maximum absolute atomic E-state index is 4.13. The van der Waals surface area contributed by atoms with Crippen LogP contribution < -0.4 is 0 Å². The van der Waals surface area contributed by atoms with Gasteiger partial charge in [-0.2, -0.15) is 0 Å². The van der Waals surface area contributed by atoms with Crippen LogP contribution in [0.4, 0.5) is 0 Å². The molecular formula is C12H7N2. The van der Waals surface area contributed by atoms with Gasteiger partial charge in [-0.15, -0.1) is 0 Å². The fourth-order valence-electron chi connectivity index (χ4n) is 1.68. The molecule has 2 heteroatoms. The first-order chi connectivity index (χ1) is 6.95. The summed E-state index contributed by atoms with van der Waals surface area (Å²) in [4.78, 5) is 8.10. The van der Waals surface area contributed by atoms with Crippen LogP contribution in [0.3, 0.4) is 0 Å². The van der Waals surface area contributed by atoms with Crippen molar-refractivity contribution in [1.29, 1.82) is 0 Å². The quantitative estimate of drug-likeness (QED) is 0.496. The Kier molecular flexibility index (Phi) is 1.47. The van der Waals surface area contributed by atoms with Crippen LogP contribution in [0, 0.1) is 6.20 Å². The van der Waals surface area contributed by atoms with Gasteiger partial charge in [0.15, 0.2) is 0 Å². The lowest BCUT2D eigenvalue weighted by Crippen LogP contribution is -1.80. The summed E-state index contributed by atoms with van der Waals surface area (Å²) in [5.74, 6) is 0. The van der Waals surface area contributed by atoms with Gasteiger partial charge in [0.1, 0.15) is 0 Å². The van der Waals surface area contributed by atoms with Crippen molar-refractivity contribution >= 4 is 21.5 Å². The van der Waals surface area contributed by atoms with Gasteiger partial charge in [0, 0.05) is 29.4 Å². The van der Waals surface area contributed by atoms with Crippen molar-refractivity contribution in [3.63, 3.8) is 0 Å². The van der Waals surface area contributed by atoms with Gasteiger partial charge in [-0.25, -0.2) is 0 Å². The van der Waals surface area contributed by atoms with Crippen molar-refractivity contribution in [2.75, 3.05) is 0 Å².